The molecule has 7 heteroatoms. The predicted molar refractivity (Wildman–Crippen MR) is 63.5 cm³/mol. The zero-order chi connectivity index (χ0) is 12.3. The predicted octanol–water partition coefficient (Wildman–Crippen LogP) is 1.14. The zero-order valence-electron chi connectivity index (χ0n) is 8.64. The molecule has 2 aromatic heterocycles. The minimum Gasteiger partial charge on any atom is -0.478 e. The second kappa shape index (κ2) is 4.79. The summed E-state index contributed by atoms with van der Waals surface area (Å²) < 4.78 is 0. The first kappa shape index (κ1) is 11.3. The lowest BCUT2D eigenvalue weighted by molar-refractivity contribution is 0.0697. The SMILES string of the molecule is O=C(O)c1cnccc1NCc1csc(=O)[nH]1. The molecule has 2 heterocycles. The first-order valence-corrected chi connectivity index (χ1v) is 5.62. The summed E-state index contributed by atoms with van der Waals surface area (Å²) in [5.41, 5.74) is 1.29. The Kier molecular flexibility index (Phi) is 3.20. The third kappa shape index (κ3) is 2.70. The van der Waals surface area contributed by atoms with Crippen molar-refractivity contribution in [3.05, 3.63) is 44.8 Å². The molecule has 17 heavy (non-hydrogen) atoms. The van der Waals surface area contributed by atoms with E-state index in [4.69, 9.17) is 5.11 Å². The number of anilines is 1. The van der Waals surface area contributed by atoms with E-state index in [0.717, 1.165) is 11.3 Å². The molecule has 0 radical (unpaired) electrons. The Bertz CT molecular complexity index is 590. The Hall–Kier alpha value is -2.15. The standard InChI is InChI=1S/C10H9N3O3S/c14-9(15)7-4-11-2-1-8(7)12-3-6-5-17-10(16)13-6/h1-2,4-5H,3H2,(H,11,12)(H,13,16)(H,14,15). The quantitative estimate of drug-likeness (QED) is 0.757. The van der Waals surface area contributed by atoms with Crippen LogP contribution in [0, 0.1) is 0 Å². The van der Waals surface area contributed by atoms with Crippen LogP contribution in [0.25, 0.3) is 0 Å². The molecule has 3 N–H and O–H groups in total. The van der Waals surface area contributed by atoms with Gasteiger partial charge in [0.05, 0.1) is 12.2 Å². The normalized spacial score (nSPS) is 10.1. The third-order valence-corrected chi connectivity index (χ3v) is 2.81. The monoisotopic (exact) mass is 251 g/mol. The fourth-order valence-electron chi connectivity index (χ4n) is 1.31. The molecule has 0 saturated heterocycles. The van der Waals surface area contributed by atoms with Crippen LogP contribution in [0.3, 0.4) is 0 Å². The van der Waals surface area contributed by atoms with Gasteiger partial charge in [0.25, 0.3) is 0 Å². The van der Waals surface area contributed by atoms with Crippen molar-refractivity contribution >= 4 is 23.0 Å². The molecule has 0 amide bonds. The molecule has 2 aromatic rings. The Morgan fingerprint density at radius 2 is 2.41 bits per heavy atom. The van der Waals surface area contributed by atoms with Gasteiger partial charge in [0.1, 0.15) is 5.56 Å². The van der Waals surface area contributed by atoms with Gasteiger partial charge in [-0.15, -0.1) is 0 Å². The maximum absolute atomic E-state index is 10.9. The zero-order valence-corrected chi connectivity index (χ0v) is 9.45. The second-order valence-electron chi connectivity index (χ2n) is 3.25. The number of nitrogens with one attached hydrogen (secondary N) is 2. The Morgan fingerprint density at radius 1 is 1.59 bits per heavy atom. The number of thiazole rings is 1. The van der Waals surface area contributed by atoms with E-state index < -0.39 is 5.97 Å². The average Bonchev–Trinajstić information content (AvgIpc) is 2.73. The summed E-state index contributed by atoms with van der Waals surface area (Å²) in [7, 11) is 0. The first-order valence-electron chi connectivity index (χ1n) is 4.74. The molecule has 0 bridgehead atoms. The number of rotatable bonds is 4. The number of aromatic nitrogens is 2. The molecule has 0 fully saturated rings. The van der Waals surface area contributed by atoms with Gasteiger partial charge in [-0.05, 0) is 6.07 Å². The van der Waals surface area contributed by atoms with E-state index in [2.05, 4.69) is 15.3 Å². The number of carbonyl (C=O) groups is 1. The van der Waals surface area contributed by atoms with Crippen LogP contribution in [-0.4, -0.2) is 21.0 Å². The molecule has 0 aliphatic heterocycles. The van der Waals surface area contributed by atoms with Crippen molar-refractivity contribution in [1.82, 2.24) is 9.97 Å². The van der Waals surface area contributed by atoms with Crippen LogP contribution in [0.15, 0.2) is 28.6 Å². The van der Waals surface area contributed by atoms with Gasteiger partial charge in [0.15, 0.2) is 0 Å². The van der Waals surface area contributed by atoms with Crippen molar-refractivity contribution in [2.75, 3.05) is 5.32 Å². The van der Waals surface area contributed by atoms with Crippen LogP contribution in [0.4, 0.5) is 5.69 Å². The van der Waals surface area contributed by atoms with Crippen molar-refractivity contribution in [1.29, 1.82) is 0 Å². The smallest absolute Gasteiger partial charge is 0.339 e. The number of carboxylic acids is 1. The Labute approximate surface area is 100.0 Å². The Morgan fingerprint density at radius 3 is 3.06 bits per heavy atom. The highest BCUT2D eigenvalue weighted by atomic mass is 32.1. The average molecular weight is 251 g/mol. The lowest BCUT2D eigenvalue weighted by Gasteiger charge is -2.07. The van der Waals surface area contributed by atoms with Crippen molar-refractivity contribution in [2.45, 2.75) is 6.54 Å². The number of hydrogen-bond acceptors (Lipinski definition) is 5. The highest BCUT2D eigenvalue weighted by Gasteiger charge is 2.09. The lowest BCUT2D eigenvalue weighted by Crippen LogP contribution is -2.07. The molecular formula is C10H9N3O3S. The van der Waals surface area contributed by atoms with Gasteiger partial charge in [-0.3, -0.25) is 9.78 Å². The second-order valence-corrected chi connectivity index (χ2v) is 4.10. The Balaban J connectivity index is 2.14. The molecule has 0 saturated carbocycles. The molecule has 0 aliphatic carbocycles. The van der Waals surface area contributed by atoms with Crippen LogP contribution in [-0.2, 0) is 6.54 Å². The molecule has 0 aliphatic rings. The highest BCUT2D eigenvalue weighted by Crippen LogP contribution is 2.14. The van der Waals surface area contributed by atoms with Crippen molar-refractivity contribution in [2.24, 2.45) is 0 Å². The van der Waals surface area contributed by atoms with E-state index in [9.17, 15) is 9.59 Å². The van der Waals surface area contributed by atoms with Crippen molar-refractivity contribution in [3.63, 3.8) is 0 Å². The molecule has 0 aromatic carbocycles. The highest BCUT2D eigenvalue weighted by molar-refractivity contribution is 7.07. The van der Waals surface area contributed by atoms with Crippen molar-refractivity contribution in [3.8, 4) is 0 Å². The number of nitrogens with zero attached hydrogens (tertiary/aromatic N) is 1. The van der Waals surface area contributed by atoms with E-state index in [-0.39, 0.29) is 10.4 Å². The van der Waals surface area contributed by atoms with Gasteiger partial charge in [0, 0.05) is 23.5 Å². The topological polar surface area (TPSA) is 95.1 Å². The summed E-state index contributed by atoms with van der Waals surface area (Å²) in [5.74, 6) is -1.04. The lowest BCUT2D eigenvalue weighted by atomic mass is 10.2. The number of H-pyrrole nitrogens is 1. The fraction of sp³-hybridized carbons (Fsp3) is 0.100. The van der Waals surface area contributed by atoms with Crippen LogP contribution in [0.2, 0.25) is 0 Å². The summed E-state index contributed by atoms with van der Waals surface area (Å²) in [6.45, 7) is 0.364. The van der Waals surface area contributed by atoms with Gasteiger partial charge < -0.3 is 15.4 Å². The van der Waals surface area contributed by atoms with Gasteiger partial charge in [0.2, 0.25) is 0 Å². The number of hydrogen-bond donors (Lipinski definition) is 3. The molecular weight excluding hydrogens is 242 g/mol. The van der Waals surface area contributed by atoms with Crippen LogP contribution >= 0.6 is 11.3 Å². The minimum atomic E-state index is -1.04. The molecule has 0 atom stereocenters. The van der Waals surface area contributed by atoms with Crippen molar-refractivity contribution < 1.29 is 9.90 Å². The van der Waals surface area contributed by atoms with Crippen LogP contribution in [0.1, 0.15) is 16.1 Å². The van der Waals surface area contributed by atoms with Gasteiger partial charge >= 0.3 is 10.8 Å². The number of aromatic amines is 1. The summed E-state index contributed by atoms with van der Waals surface area (Å²) in [5, 5.41) is 13.6. The third-order valence-electron chi connectivity index (χ3n) is 2.09. The molecule has 6 nitrogen and oxygen atoms in total. The van der Waals surface area contributed by atoms with Crippen LogP contribution in [0.5, 0.6) is 0 Å². The maximum atomic E-state index is 10.9. The van der Waals surface area contributed by atoms with E-state index >= 15 is 0 Å². The van der Waals surface area contributed by atoms with E-state index in [1.807, 2.05) is 0 Å². The van der Waals surface area contributed by atoms with E-state index in [1.54, 1.807) is 11.4 Å². The molecule has 0 unspecified atom stereocenters. The number of pyridine rings is 1. The van der Waals surface area contributed by atoms with E-state index in [0.29, 0.717) is 17.9 Å². The van der Waals surface area contributed by atoms with E-state index in [1.165, 1.54) is 12.4 Å². The summed E-state index contributed by atoms with van der Waals surface area (Å²) >= 11 is 1.07. The largest absolute Gasteiger partial charge is 0.478 e. The molecule has 0 spiro atoms. The first-order chi connectivity index (χ1) is 8.16. The maximum Gasteiger partial charge on any atom is 0.339 e. The fourth-order valence-corrected chi connectivity index (χ4v) is 1.89. The van der Waals surface area contributed by atoms with Gasteiger partial charge in [-0.2, -0.15) is 0 Å². The van der Waals surface area contributed by atoms with Gasteiger partial charge in [-0.25, -0.2) is 4.79 Å². The number of aromatic carboxylic acids is 1. The summed E-state index contributed by atoms with van der Waals surface area (Å²) in [6.07, 6.45) is 2.78. The number of carboxylic acid groups (broad SMARTS) is 1. The molecule has 88 valence electrons. The van der Waals surface area contributed by atoms with Gasteiger partial charge in [-0.1, -0.05) is 11.3 Å². The molecule has 2 rings (SSSR count). The van der Waals surface area contributed by atoms with Crippen LogP contribution < -0.4 is 10.2 Å². The summed E-state index contributed by atoms with van der Waals surface area (Å²) in [4.78, 5) is 28.1. The summed E-state index contributed by atoms with van der Waals surface area (Å²) in [6, 6.07) is 1.58. The minimum absolute atomic E-state index is 0.102.